The van der Waals surface area contributed by atoms with Crippen LogP contribution in [0.3, 0.4) is 0 Å². The molecule has 4 nitrogen and oxygen atoms in total. The zero-order valence-electron chi connectivity index (χ0n) is 8.41. The van der Waals surface area contributed by atoms with Gasteiger partial charge in [-0.25, -0.2) is 17.9 Å². The van der Waals surface area contributed by atoms with E-state index in [9.17, 15) is 12.8 Å². The summed E-state index contributed by atoms with van der Waals surface area (Å²) in [4.78, 5) is 0. The van der Waals surface area contributed by atoms with E-state index in [1.807, 2.05) is 0 Å². The molecule has 0 unspecified atom stereocenters. The van der Waals surface area contributed by atoms with E-state index in [-0.39, 0.29) is 12.3 Å². The highest BCUT2D eigenvalue weighted by molar-refractivity contribution is 7.89. The largest absolute Gasteiger partial charge is 0.312 e. The van der Waals surface area contributed by atoms with Crippen LogP contribution < -0.4 is 10.5 Å². The van der Waals surface area contributed by atoms with E-state index in [0.717, 1.165) is 0 Å². The number of nitrogens with one attached hydrogen (secondary N) is 1. The summed E-state index contributed by atoms with van der Waals surface area (Å²) >= 11 is 5.65. The second kappa shape index (κ2) is 5.58. The quantitative estimate of drug-likeness (QED) is 0.777. The lowest BCUT2D eigenvalue weighted by Crippen LogP contribution is -2.26. The minimum Gasteiger partial charge on any atom is -0.312 e. The molecule has 1 aromatic carbocycles. The monoisotopic (exact) mass is 266 g/mol. The molecule has 0 aliphatic rings. The van der Waals surface area contributed by atoms with Gasteiger partial charge in [-0.2, -0.15) is 0 Å². The highest BCUT2D eigenvalue weighted by atomic mass is 35.5. The lowest BCUT2D eigenvalue weighted by atomic mass is 10.2. The molecule has 0 saturated heterocycles. The van der Waals surface area contributed by atoms with Crippen LogP contribution in [-0.2, 0) is 16.6 Å². The zero-order chi connectivity index (χ0) is 12.2. The molecule has 0 heterocycles. The first-order valence-electron chi connectivity index (χ1n) is 4.53. The van der Waals surface area contributed by atoms with Gasteiger partial charge in [0.05, 0.1) is 5.75 Å². The molecule has 0 radical (unpaired) electrons. The van der Waals surface area contributed by atoms with Crippen molar-refractivity contribution in [2.45, 2.75) is 6.54 Å². The van der Waals surface area contributed by atoms with Crippen LogP contribution in [0.4, 0.5) is 4.39 Å². The normalized spacial score (nSPS) is 11.7. The predicted molar refractivity (Wildman–Crippen MR) is 61.1 cm³/mol. The maximum atomic E-state index is 12.9. The van der Waals surface area contributed by atoms with Crippen molar-refractivity contribution in [3.05, 3.63) is 34.6 Å². The average Bonchev–Trinajstić information content (AvgIpc) is 2.09. The Balaban J connectivity index is 2.43. The zero-order valence-corrected chi connectivity index (χ0v) is 9.98. The van der Waals surface area contributed by atoms with E-state index in [1.165, 1.54) is 12.1 Å². The Morgan fingerprint density at radius 1 is 1.38 bits per heavy atom. The number of benzene rings is 1. The smallest absolute Gasteiger partial charge is 0.210 e. The first-order valence-corrected chi connectivity index (χ1v) is 6.62. The number of hydrogen-bond donors (Lipinski definition) is 2. The van der Waals surface area contributed by atoms with Crippen molar-refractivity contribution in [2.75, 3.05) is 12.3 Å². The molecule has 16 heavy (non-hydrogen) atoms. The van der Waals surface area contributed by atoms with Crippen molar-refractivity contribution in [1.82, 2.24) is 5.32 Å². The fourth-order valence-corrected chi connectivity index (χ4v) is 1.83. The van der Waals surface area contributed by atoms with Crippen LogP contribution in [0.1, 0.15) is 5.56 Å². The molecule has 0 aliphatic heterocycles. The average molecular weight is 267 g/mol. The Hall–Kier alpha value is -0.690. The third-order valence-corrected chi connectivity index (χ3v) is 2.81. The van der Waals surface area contributed by atoms with Gasteiger partial charge in [0.2, 0.25) is 10.0 Å². The Morgan fingerprint density at radius 3 is 2.62 bits per heavy atom. The van der Waals surface area contributed by atoms with E-state index in [4.69, 9.17) is 16.7 Å². The summed E-state index contributed by atoms with van der Waals surface area (Å²) in [5.74, 6) is -0.577. The lowest BCUT2D eigenvalue weighted by molar-refractivity contribution is 0.591. The second-order valence-electron chi connectivity index (χ2n) is 3.32. The van der Waals surface area contributed by atoms with Crippen LogP contribution in [0.5, 0.6) is 0 Å². The number of sulfonamides is 1. The maximum absolute atomic E-state index is 12.9. The van der Waals surface area contributed by atoms with E-state index in [1.54, 1.807) is 6.07 Å². The third-order valence-electron chi connectivity index (χ3n) is 1.81. The van der Waals surface area contributed by atoms with Gasteiger partial charge in [0.25, 0.3) is 0 Å². The van der Waals surface area contributed by atoms with Gasteiger partial charge in [0.1, 0.15) is 5.82 Å². The molecular weight excluding hydrogens is 255 g/mol. The summed E-state index contributed by atoms with van der Waals surface area (Å²) in [6, 6.07) is 4.14. The van der Waals surface area contributed by atoms with Crippen molar-refractivity contribution in [2.24, 2.45) is 5.14 Å². The molecule has 7 heteroatoms. The van der Waals surface area contributed by atoms with E-state index >= 15 is 0 Å². The molecule has 90 valence electrons. The number of rotatable bonds is 5. The molecule has 0 atom stereocenters. The third kappa shape index (κ3) is 5.41. The highest BCUT2D eigenvalue weighted by Crippen LogP contribution is 2.13. The Morgan fingerprint density at radius 2 is 2.06 bits per heavy atom. The summed E-state index contributed by atoms with van der Waals surface area (Å²) in [5, 5.41) is 7.95. The Bertz CT molecular complexity index is 444. The predicted octanol–water partition coefficient (Wildman–Crippen LogP) is 0.857. The topological polar surface area (TPSA) is 72.2 Å². The van der Waals surface area contributed by atoms with E-state index in [2.05, 4.69) is 5.32 Å². The Labute approximate surface area is 98.6 Å². The van der Waals surface area contributed by atoms with Crippen LogP contribution in [0, 0.1) is 5.82 Å². The van der Waals surface area contributed by atoms with Crippen molar-refractivity contribution in [1.29, 1.82) is 0 Å². The van der Waals surface area contributed by atoms with Gasteiger partial charge < -0.3 is 5.32 Å². The van der Waals surface area contributed by atoms with Crippen LogP contribution >= 0.6 is 11.6 Å². The summed E-state index contributed by atoms with van der Waals surface area (Å²) in [6.07, 6.45) is 0. The Kier molecular flexibility index (Phi) is 4.67. The van der Waals surface area contributed by atoms with Crippen molar-refractivity contribution >= 4 is 21.6 Å². The molecule has 0 amide bonds. The molecule has 0 spiro atoms. The summed E-state index contributed by atoms with van der Waals surface area (Å²) in [6.45, 7) is 0.556. The van der Waals surface area contributed by atoms with Crippen LogP contribution in [0.15, 0.2) is 18.2 Å². The van der Waals surface area contributed by atoms with Crippen molar-refractivity contribution in [3.8, 4) is 0 Å². The molecular formula is C9H12ClFN2O2S. The standard InChI is InChI=1S/C9H12ClFN2O2S/c10-8-3-7(4-9(11)5-8)6-13-1-2-16(12,14)15/h3-5,13H,1-2,6H2,(H2,12,14,15). The number of nitrogens with two attached hydrogens (primary N) is 1. The van der Waals surface area contributed by atoms with Crippen LogP contribution in [-0.4, -0.2) is 20.7 Å². The van der Waals surface area contributed by atoms with Gasteiger partial charge >= 0.3 is 0 Å². The minimum absolute atomic E-state index is 0.157. The molecule has 3 N–H and O–H groups in total. The van der Waals surface area contributed by atoms with Gasteiger partial charge in [-0.05, 0) is 23.8 Å². The molecule has 0 aliphatic carbocycles. The van der Waals surface area contributed by atoms with Crippen LogP contribution in [0.2, 0.25) is 5.02 Å². The number of halogens is 2. The van der Waals surface area contributed by atoms with Gasteiger partial charge in [-0.1, -0.05) is 11.6 Å². The SMILES string of the molecule is NS(=O)(=O)CCNCc1cc(F)cc(Cl)c1. The van der Waals surface area contributed by atoms with E-state index < -0.39 is 15.8 Å². The maximum Gasteiger partial charge on any atom is 0.210 e. The fraction of sp³-hybridized carbons (Fsp3) is 0.333. The molecule has 1 rings (SSSR count). The highest BCUT2D eigenvalue weighted by Gasteiger charge is 2.02. The number of primary sulfonamides is 1. The minimum atomic E-state index is -3.46. The van der Waals surface area contributed by atoms with Crippen molar-refractivity contribution in [3.63, 3.8) is 0 Å². The second-order valence-corrected chi connectivity index (χ2v) is 5.49. The van der Waals surface area contributed by atoms with E-state index in [0.29, 0.717) is 17.1 Å². The van der Waals surface area contributed by atoms with Gasteiger partial charge in [0, 0.05) is 18.1 Å². The molecule has 1 aromatic rings. The van der Waals surface area contributed by atoms with Crippen molar-refractivity contribution < 1.29 is 12.8 Å². The van der Waals surface area contributed by atoms with Gasteiger partial charge in [0.15, 0.2) is 0 Å². The first-order chi connectivity index (χ1) is 7.37. The fourth-order valence-electron chi connectivity index (χ4n) is 1.16. The van der Waals surface area contributed by atoms with Crippen LogP contribution in [0.25, 0.3) is 0 Å². The molecule has 0 bridgehead atoms. The summed E-state index contributed by atoms with van der Waals surface area (Å²) in [7, 11) is -3.46. The molecule has 0 fully saturated rings. The summed E-state index contributed by atoms with van der Waals surface area (Å²) < 4.78 is 34.1. The summed E-state index contributed by atoms with van der Waals surface area (Å²) in [5.41, 5.74) is 0.652. The van der Waals surface area contributed by atoms with Gasteiger partial charge in [-0.15, -0.1) is 0 Å². The van der Waals surface area contributed by atoms with Gasteiger partial charge in [-0.3, -0.25) is 0 Å². The number of hydrogen-bond acceptors (Lipinski definition) is 3. The molecule has 0 saturated carbocycles. The molecule has 0 aromatic heterocycles. The first kappa shape index (κ1) is 13.4. The lowest BCUT2D eigenvalue weighted by Gasteiger charge is -2.04.